The van der Waals surface area contributed by atoms with Crippen molar-refractivity contribution >= 4 is 40.1 Å². The average Bonchev–Trinajstić information content (AvgIpc) is 2.53. The van der Waals surface area contributed by atoms with E-state index < -0.39 is 0 Å². The Balaban J connectivity index is 2.51. The van der Waals surface area contributed by atoms with Crippen molar-refractivity contribution in [3.05, 3.63) is 0 Å². The van der Waals surface area contributed by atoms with Crippen LogP contribution in [0.5, 0.6) is 0 Å². The summed E-state index contributed by atoms with van der Waals surface area (Å²) in [4.78, 5) is 24.7. The van der Waals surface area contributed by atoms with Crippen LogP contribution in [0, 0.1) is 0 Å². The lowest BCUT2D eigenvalue weighted by atomic mass is 10.3. The van der Waals surface area contributed by atoms with Gasteiger partial charge in [-0.3, -0.25) is 14.5 Å². The molecule has 1 atom stereocenters. The van der Waals surface area contributed by atoms with Crippen LogP contribution in [0.25, 0.3) is 0 Å². The molecule has 4 nitrogen and oxygen atoms in total. The van der Waals surface area contributed by atoms with Crippen molar-refractivity contribution in [3.8, 4) is 0 Å². The van der Waals surface area contributed by atoms with Crippen molar-refractivity contribution < 1.29 is 9.59 Å². The number of hydrogen-bond acceptors (Lipinski definition) is 4. The Morgan fingerprint density at radius 1 is 1.56 bits per heavy atom. The standard InChI is InChI=1S/C10H16N2O2S2/c1-3-5-11-8(13)6-12-9(14)7(4-2)16-10(12)15/h7H,3-6H2,1-2H3,(H,11,13). The van der Waals surface area contributed by atoms with Crippen LogP contribution in [0.3, 0.4) is 0 Å². The molecular formula is C10H16N2O2S2. The number of carbonyl (C=O) groups is 2. The lowest BCUT2D eigenvalue weighted by Gasteiger charge is -2.14. The fourth-order valence-electron chi connectivity index (χ4n) is 1.36. The minimum absolute atomic E-state index is 0.0378. The number of hydrogen-bond donors (Lipinski definition) is 1. The number of carbonyl (C=O) groups excluding carboxylic acids is 2. The molecule has 1 heterocycles. The molecule has 1 aliphatic rings. The number of thioether (sulfide) groups is 1. The third-order valence-corrected chi connectivity index (χ3v) is 4.00. The van der Waals surface area contributed by atoms with E-state index in [-0.39, 0.29) is 23.6 Å². The van der Waals surface area contributed by atoms with Gasteiger partial charge in [-0.05, 0) is 12.8 Å². The van der Waals surface area contributed by atoms with Crippen LogP contribution in [0.2, 0.25) is 0 Å². The van der Waals surface area contributed by atoms with E-state index in [1.807, 2.05) is 13.8 Å². The molecular weight excluding hydrogens is 244 g/mol. The molecule has 1 rings (SSSR count). The maximum atomic E-state index is 11.8. The molecule has 0 spiro atoms. The zero-order valence-corrected chi connectivity index (χ0v) is 11.1. The molecule has 1 fully saturated rings. The second-order valence-electron chi connectivity index (χ2n) is 3.55. The van der Waals surface area contributed by atoms with Gasteiger partial charge in [0.25, 0.3) is 0 Å². The molecule has 1 saturated heterocycles. The van der Waals surface area contributed by atoms with Crippen molar-refractivity contribution in [2.45, 2.75) is 31.9 Å². The molecule has 0 aliphatic carbocycles. The highest BCUT2D eigenvalue weighted by Crippen LogP contribution is 2.28. The van der Waals surface area contributed by atoms with Gasteiger partial charge in [0.05, 0.1) is 5.25 Å². The topological polar surface area (TPSA) is 49.4 Å². The maximum absolute atomic E-state index is 11.8. The normalized spacial score (nSPS) is 20.4. The van der Waals surface area contributed by atoms with Gasteiger partial charge in [-0.1, -0.05) is 37.8 Å². The molecule has 1 aliphatic heterocycles. The van der Waals surface area contributed by atoms with Crippen molar-refractivity contribution in [1.82, 2.24) is 10.2 Å². The first-order valence-electron chi connectivity index (χ1n) is 5.38. The molecule has 2 amide bonds. The third-order valence-electron chi connectivity index (χ3n) is 2.25. The highest BCUT2D eigenvalue weighted by molar-refractivity contribution is 8.24. The van der Waals surface area contributed by atoms with Crippen LogP contribution in [0.15, 0.2) is 0 Å². The minimum atomic E-state index is -0.144. The first-order chi connectivity index (χ1) is 7.60. The van der Waals surface area contributed by atoms with Gasteiger partial charge in [-0.25, -0.2) is 0 Å². The van der Waals surface area contributed by atoms with Crippen LogP contribution in [0.4, 0.5) is 0 Å². The predicted octanol–water partition coefficient (Wildman–Crippen LogP) is 1.15. The summed E-state index contributed by atoms with van der Waals surface area (Å²) >= 11 is 6.46. The SMILES string of the molecule is CCCNC(=O)CN1C(=O)C(CC)SC1=S. The molecule has 90 valence electrons. The van der Waals surface area contributed by atoms with Gasteiger partial charge in [0, 0.05) is 6.54 Å². The molecule has 16 heavy (non-hydrogen) atoms. The summed E-state index contributed by atoms with van der Waals surface area (Å²) < 4.78 is 0.517. The Bertz CT molecular complexity index is 307. The summed E-state index contributed by atoms with van der Waals surface area (Å²) in [6.45, 7) is 4.62. The van der Waals surface area contributed by atoms with Crippen molar-refractivity contribution in [2.24, 2.45) is 0 Å². The number of amides is 2. The van der Waals surface area contributed by atoms with E-state index in [1.54, 1.807) is 0 Å². The van der Waals surface area contributed by atoms with E-state index in [4.69, 9.17) is 12.2 Å². The lowest BCUT2D eigenvalue weighted by Crippen LogP contribution is -2.40. The van der Waals surface area contributed by atoms with E-state index in [9.17, 15) is 9.59 Å². The van der Waals surface area contributed by atoms with E-state index in [2.05, 4.69) is 5.32 Å². The minimum Gasteiger partial charge on any atom is -0.355 e. The van der Waals surface area contributed by atoms with E-state index >= 15 is 0 Å². The third kappa shape index (κ3) is 3.18. The van der Waals surface area contributed by atoms with Gasteiger partial charge in [0.15, 0.2) is 0 Å². The fraction of sp³-hybridized carbons (Fsp3) is 0.700. The molecule has 0 aromatic rings. The average molecular weight is 260 g/mol. The summed E-state index contributed by atoms with van der Waals surface area (Å²) in [5.74, 6) is -0.181. The van der Waals surface area contributed by atoms with Gasteiger partial charge in [-0.2, -0.15) is 0 Å². The highest BCUT2D eigenvalue weighted by Gasteiger charge is 2.36. The number of thiocarbonyl (C=S) groups is 1. The fourth-order valence-corrected chi connectivity index (χ4v) is 2.79. The first kappa shape index (κ1) is 13.4. The zero-order valence-electron chi connectivity index (χ0n) is 9.49. The van der Waals surface area contributed by atoms with Crippen molar-refractivity contribution in [1.29, 1.82) is 0 Å². The summed E-state index contributed by atoms with van der Waals surface area (Å²) in [7, 11) is 0. The molecule has 6 heteroatoms. The molecule has 0 aromatic heterocycles. The quantitative estimate of drug-likeness (QED) is 0.753. The smallest absolute Gasteiger partial charge is 0.242 e. The molecule has 1 N–H and O–H groups in total. The maximum Gasteiger partial charge on any atom is 0.242 e. The van der Waals surface area contributed by atoms with Crippen LogP contribution >= 0.6 is 24.0 Å². The number of rotatable bonds is 5. The number of nitrogens with zero attached hydrogens (tertiary/aromatic N) is 1. The molecule has 0 radical (unpaired) electrons. The Labute approximate surface area is 105 Å². The summed E-state index contributed by atoms with van der Waals surface area (Å²) in [6.07, 6.45) is 1.63. The zero-order chi connectivity index (χ0) is 12.1. The second-order valence-corrected chi connectivity index (χ2v) is 5.39. The van der Waals surface area contributed by atoms with Gasteiger partial charge >= 0.3 is 0 Å². The first-order valence-corrected chi connectivity index (χ1v) is 6.67. The van der Waals surface area contributed by atoms with E-state index in [0.29, 0.717) is 10.9 Å². The Morgan fingerprint density at radius 3 is 2.75 bits per heavy atom. The lowest BCUT2D eigenvalue weighted by molar-refractivity contribution is -0.131. The van der Waals surface area contributed by atoms with Crippen LogP contribution in [-0.4, -0.2) is 39.4 Å². The largest absolute Gasteiger partial charge is 0.355 e. The second kappa shape index (κ2) is 6.20. The van der Waals surface area contributed by atoms with Crippen LogP contribution in [-0.2, 0) is 9.59 Å². The molecule has 1 unspecified atom stereocenters. The molecule has 0 bridgehead atoms. The van der Waals surface area contributed by atoms with Crippen LogP contribution in [0.1, 0.15) is 26.7 Å². The van der Waals surface area contributed by atoms with E-state index in [1.165, 1.54) is 16.7 Å². The Kier molecular flexibility index (Phi) is 5.21. The van der Waals surface area contributed by atoms with Crippen LogP contribution < -0.4 is 5.32 Å². The van der Waals surface area contributed by atoms with Gasteiger partial charge in [-0.15, -0.1) is 0 Å². The summed E-state index contributed by atoms with van der Waals surface area (Å²) in [5, 5.41) is 2.63. The van der Waals surface area contributed by atoms with Crippen molar-refractivity contribution in [2.75, 3.05) is 13.1 Å². The monoisotopic (exact) mass is 260 g/mol. The molecule has 0 aromatic carbocycles. The van der Waals surface area contributed by atoms with Crippen molar-refractivity contribution in [3.63, 3.8) is 0 Å². The number of nitrogens with one attached hydrogen (secondary N) is 1. The summed E-state index contributed by atoms with van der Waals surface area (Å²) in [6, 6.07) is 0. The summed E-state index contributed by atoms with van der Waals surface area (Å²) in [5.41, 5.74) is 0. The van der Waals surface area contributed by atoms with E-state index in [0.717, 1.165) is 12.8 Å². The predicted molar refractivity (Wildman–Crippen MR) is 69.3 cm³/mol. The molecule has 0 saturated carbocycles. The van der Waals surface area contributed by atoms with Gasteiger partial charge in [0.1, 0.15) is 10.9 Å². The highest BCUT2D eigenvalue weighted by atomic mass is 32.2. The van der Waals surface area contributed by atoms with Gasteiger partial charge < -0.3 is 5.32 Å². The van der Waals surface area contributed by atoms with Gasteiger partial charge in [0.2, 0.25) is 11.8 Å². The Morgan fingerprint density at radius 2 is 2.25 bits per heavy atom. The Hall–Kier alpha value is -0.620.